The second-order valence-corrected chi connectivity index (χ2v) is 5.15. The molecule has 1 aliphatic heterocycles. The standard InChI is InChI=1S/C15H16N4/c1-2-8-14-17-18-15(19(14)9-5-1)12-10-16-13-7-4-3-6-11(12)13/h3-4,6-7,10,16H,1-2,5,8-9H2. The fourth-order valence-electron chi connectivity index (χ4n) is 2.94. The topological polar surface area (TPSA) is 46.5 Å². The molecule has 4 heteroatoms. The summed E-state index contributed by atoms with van der Waals surface area (Å²) in [6, 6.07) is 8.35. The summed E-state index contributed by atoms with van der Waals surface area (Å²) in [6.45, 7) is 1.04. The van der Waals surface area contributed by atoms with Crippen LogP contribution in [0.2, 0.25) is 0 Å². The minimum Gasteiger partial charge on any atom is -0.360 e. The predicted octanol–water partition coefficient (Wildman–Crippen LogP) is 3.15. The summed E-state index contributed by atoms with van der Waals surface area (Å²) in [7, 11) is 0. The van der Waals surface area contributed by atoms with Crippen molar-refractivity contribution in [1.82, 2.24) is 19.7 Å². The molecule has 1 N–H and O–H groups in total. The maximum absolute atomic E-state index is 4.43. The lowest BCUT2D eigenvalue weighted by molar-refractivity contribution is 0.637. The van der Waals surface area contributed by atoms with Crippen LogP contribution in [-0.4, -0.2) is 19.7 Å². The van der Waals surface area contributed by atoms with Gasteiger partial charge in [-0.15, -0.1) is 10.2 Å². The Bertz CT molecular complexity index is 723. The first-order valence-corrected chi connectivity index (χ1v) is 6.92. The molecule has 19 heavy (non-hydrogen) atoms. The van der Waals surface area contributed by atoms with Gasteiger partial charge in [0.15, 0.2) is 5.82 Å². The van der Waals surface area contributed by atoms with Crippen LogP contribution in [0, 0.1) is 0 Å². The monoisotopic (exact) mass is 252 g/mol. The molecule has 0 atom stereocenters. The summed E-state index contributed by atoms with van der Waals surface area (Å²) in [4.78, 5) is 3.32. The summed E-state index contributed by atoms with van der Waals surface area (Å²) in [5, 5.41) is 10.0. The second-order valence-electron chi connectivity index (χ2n) is 5.15. The van der Waals surface area contributed by atoms with Crippen molar-refractivity contribution in [2.45, 2.75) is 32.2 Å². The van der Waals surface area contributed by atoms with Crippen molar-refractivity contribution in [3.63, 3.8) is 0 Å². The summed E-state index contributed by atoms with van der Waals surface area (Å²) in [6.07, 6.45) is 6.84. The zero-order valence-electron chi connectivity index (χ0n) is 10.8. The van der Waals surface area contributed by atoms with Gasteiger partial charge in [0.05, 0.1) is 0 Å². The highest BCUT2D eigenvalue weighted by molar-refractivity contribution is 5.93. The minimum atomic E-state index is 1.01. The molecule has 1 aliphatic rings. The number of H-pyrrole nitrogens is 1. The van der Waals surface area contributed by atoms with Crippen molar-refractivity contribution in [2.75, 3.05) is 0 Å². The highest BCUT2D eigenvalue weighted by Crippen LogP contribution is 2.29. The van der Waals surface area contributed by atoms with Gasteiger partial charge in [-0.3, -0.25) is 0 Å². The Morgan fingerprint density at radius 2 is 2.00 bits per heavy atom. The van der Waals surface area contributed by atoms with Crippen LogP contribution in [0.4, 0.5) is 0 Å². The molecule has 0 saturated heterocycles. The third-order valence-corrected chi connectivity index (χ3v) is 3.94. The average molecular weight is 252 g/mol. The van der Waals surface area contributed by atoms with Crippen molar-refractivity contribution in [1.29, 1.82) is 0 Å². The van der Waals surface area contributed by atoms with E-state index in [0.717, 1.165) is 35.7 Å². The Balaban J connectivity index is 1.91. The van der Waals surface area contributed by atoms with Gasteiger partial charge in [0, 0.05) is 35.6 Å². The van der Waals surface area contributed by atoms with Crippen LogP contribution in [0.1, 0.15) is 25.1 Å². The fourth-order valence-corrected chi connectivity index (χ4v) is 2.94. The molecule has 0 radical (unpaired) electrons. The van der Waals surface area contributed by atoms with Gasteiger partial charge in [0.2, 0.25) is 0 Å². The van der Waals surface area contributed by atoms with E-state index in [1.807, 2.05) is 12.3 Å². The van der Waals surface area contributed by atoms with E-state index in [0.29, 0.717) is 0 Å². The van der Waals surface area contributed by atoms with Crippen LogP contribution in [0.3, 0.4) is 0 Å². The average Bonchev–Trinajstić information content (AvgIpc) is 2.96. The predicted molar refractivity (Wildman–Crippen MR) is 74.9 cm³/mol. The third kappa shape index (κ3) is 1.67. The number of aromatic nitrogens is 4. The van der Waals surface area contributed by atoms with E-state index in [9.17, 15) is 0 Å². The lowest BCUT2D eigenvalue weighted by Gasteiger charge is -2.05. The molecule has 4 nitrogen and oxygen atoms in total. The lowest BCUT2D eigenvalue weighted by Crippen LogP contribution is -2.02. The first-order chi connectivity index (χ1) is 9.43. The quantitative estimate of drug-likeness (QED) is 0.723. The first-order valence-electron chi connectivity index (χ1n) is 6.92. The van der Waals surface area contributed by atoms with Crippen molar-refractivity contribution < 1.29 is 0 Å². The van der Waals surface area contributed by atoms with Gasteiger partial charge in [-0.1, -0.05) is 24.6 Å². The number of nitrogens with zero attached hydrogens (tertiary/aromatic N) is 3. The molecule has 0 spiro atoms. The number of aryl methyl sites for hydroxylation is 1. The van der Waals surface area contributed by atoms with E-state index in [4.69, 9.17) is 0 Å². The molecule has 3 heterocycles. The van der Waals surface area contributed by atoms with E-state index in [1.54, 1.807) is 0 Å². The molecule has 4 rings (SSSR count). The van der Waals surface area contributed by atoms with Crippen molar-refractivity contribution in [3.05, 3.63) is 36.3 Å². The zero-order chi connectivity index (χ0) is 12.7. The molecular weight excluding hydrogens is 236 g/mol. The van der Waals surface area contributed by atoms with E-state index >= 15 is 0 Å². The van der Waals surface area contributed by atoms with Gasteiger partial charge in [0.25, 0.3) is 0 Å². The van der Waals surface area contributed by atoms with Crippen molar-refractivity contribution >= 4 is 10.9 Å². The Hall–Kier alpha value is -2.10. The third-order valence-electron chi connectivity index (χ3n) is 3.94. The molecular formula is C15H16N4. The van der Waals surface area contributed by atoms with Gasteiger partial charge in [-0.25, -0.2) is 0 Å². The number of para-hydroxylation sites is 1. The molecule has 0 fully saturated rings. The molecule has 0 bridgehead atoms. The molecule has 0 saturated carbocycles. The highest BCUT2D eigenvalue weighted by atomic mass is 15.3. The summed E-state index contributed by atoms with van der Waals surface area (Å²) in [5.74, 6) is 2.15. The maximum atomic E-state index is 4.43. The van der Waals surface area contributed by atoms with E-state index < -0.39 is 0 Å². The van der Waals surface area contributed by atoms with Gasteiger partial charge in [-0.05, 0) is 18.9 Å². The molecule has 96 valence electrons. The molecule has 1 aromatic carbocycles. The smallest absolute Gasteiger partial charge is 0.166 e. The van der Waals surface area contributed by atoms with Crippen LogP contribution >= 0.6 is 0 Å². The van der Waals surface area contributed by atoms with Crippen LogP contribution in [0.15, 0.2) is 30.5 Å². The maximum Gasteiger partial charge on any atom is 0.166 e. The van der Waals surface area contributed by atoms with Crippen molar-refractivity contribution in [2.24, 2.45) is 0 Å². The number of aromatic amines is 1. The van der Waals surface area contributed by atoms with Crippen LogP contribution in [0.25, 0.3) is 22.3 Å². The number of hydrogen-bond donors (Lipinski definition) is 1. The van der Waals surface area contributed by atoms with E-state index in [-0.39, 0.29) is 0 Å². The normalized spacial score (nSPS) is 15.4. The van der Waals surface area contributed by atoms with Crippen LogP contribution in [-0.2, 0) is 13.0 Å². The number of benzene rings is 1. The van der Waals surface area contributed by atoms with Crippen LogP contribution in [0.5, 0.6) is 0 Å². The van der Waals surface area contributed by atoms with Crippen LogP contribution < -0.4 is 0 Å². The second kappa shape index (κ2) is 4.23. The SMILES string of the molecule is c1ccc2c(-c3nnc4n3CCCCC4)c[nH]c2c1. The molecule has 0 amide bonds. The number of rotatable bonds is 1. The summed E-state index contributed by atoms with van der Waals surface area (Å²) in [5.41, 5.74) is 2.32. The molecule has 2 aromatic heterocycles. The number of nitrogens with one attached hydrogen (secondary N) is 1. The first kappa shape index (κ1) is 10.8. The Kier molecular flexibility index (Phi) is 2.40. The molecule has 3 aromatic rings. The number of fused-ring (bicyclic) bond motifs is 2. The van der Waals surface area contributed by atoms with Crippen molar-refractivity contribution in [3.8, 4) is 11.4 Å². The largest absolute Gasteiger partial charge is 0.360 e. The Morgan fingerprint density at radius 3 is 3.00 bits per heavy atom. The highest BCUT2D eigenvalue weighted by Gasteiger charge is 2.18. The number of hydrogen-bond acceptors (Lipinski definition) is 2. The molecule has 0 aliphatic carbocycles. The van der Waals surface area contributed by atoms with Gasteiger partial charge >= 0.3 is 0 Å². The van der Waals surface area contributed by atoms with E-state index in [1.165, 1.54) is 24.6 Å². The van der Waals surface area contributed by atoms with Gasteiger partial charge in [0.1, 0.15) is 5.82 Å². The fraction of sp³-hybridized carbons (Fsp3) is 0.333. The lowest BCUT2D eigenvalue weighted by atomic mass is 10.1. The van der Waals surface area contributed by atoms with E-state index in [2.05, 4.69) is 37.9 Å². The Labute approximate surface area is 111 Å². The Morgan fingerprint density at radius 1 is 1.05 bits per heavy atom. The minimum absolute atomic E-state index is 1.01. The van der Waals surface area contributed by atoms with Gasteiger partial charge in [-0.2, -0.15) is 0 Å². The van der Waals surface area contributed by atoms with Gasteiger partial charge < -0.3 is 9.55 Å². The zero-order valence-corrected chi connectivity index (χ0v) is 10.8. The summed E-state index contributed by atoms with van der Waals surface area (Å²) < 4.78 is 2.29. The molecule has 0 unspecified atom stereocenters. The summed E-state index contributed by atoms with van der Waals surface area (Å²) >= 11 is 0.